The third-order valence-corrected chi connectivity index (χ3v) is 5.11. The molecule has 31 heavy (non-hydrogen) atoms. The molecule has 2 amide bonds. The molecule has 1 heterocycles. The van der Waals surface area contributed by atoms with Gasteiger partial charge in [0.15, 0.2) is 0 Å². The molecule has 3 aromatic carbocycles. The second-order valence-corrected chi connectivity index (χ2v) is 7.35. The predicted octanol–water partition coefficient (Wildman–Crippen LogP) is 4.80. The summed E-state index contributed by atoms with van der Waals surface area (Å²) in [4.78, 5) is 25.5. The van der Waals surface area contributed by atoms with Gasteiger partial charge in [-0.15, -0.1) is 0 Å². The Morgan fingerprint density at radius 1 is 0.677 bits per heavy atom. The maximum absolute atomic E-state index is 12.8. The third kappa shape index (κ3) is 5.22. The van der Waals surface area contributed by atoms with E-state index < -0.39 is 12.2 Å². The molecule has 0 unspecified atom stereocenters. The van der Waals surface area contributed by atoms with Crippen LogP contribution in [-0.4, -0.2) is 34.8 Å². The van der Waals surface area contributed by atoms with E-state index in [1.807, 2.05) is 91.0 Å². The smallest absolute Gasteiger partial charge is 0.429 e. The molecule has 1 aliphatic heterocycles. The number of carbonyl (C=O) groups excluding carboxylic acids is 2. The molecule has 0 bridgehead atoms. The average Bonchev–Trinajstić information content (AvgIpc) is 2.80. The van der Waals surface area contributed by atoms with E-state index in [1.165, 1.54) is 10.0 Å². The lowest BCUT2D eigenvalue weighted by Crippen LogP contribution is -2.68. The Balaban J connectivity index is 1.41. The lowest BCUT2D eigenvalue weighted by Gasteiger charge is -2.48. The maximum atomic E-state index is 12.8. The molecule has 1 fully saturated rings. The number of ether oxygens (including phenoxy) is 2. The first-order valence-corrected chi connectivity index (χ1v) is 10.2. The van der Waals surface area contributed by atoms with Crippen molar-refractivity contribution in [3.63, 3.8) is 0 Å². The molecule has 3 aromatic rings. The minimum absolute atomic E-state index is 0.140. The highest BCUT2D eigenvalue weighted by atomic mass is 16.6. The SMILES string of the molecule is O=C(OCc1ccccc1)N1C[C@H](Cc2ccccc2)N1C(=O)OCc1ccccc1. The number of nitrogens with zero attached hydrogens (tertiary/aromatic N) is 2. The number of benzene rings is 3. The summed E-state index contributed by atoms with van der Waals surface area (Å²) in [6.07, 6.45) is -0.499. The van der Waals surface area contributed by atoms with Crippen molar-refractivity contribution in [2.45, 2.75) is 25.7 Å². The van der Waals surface area contributed by atoms with Gasteiger partial charge in [-0.05, 0) is 23.1 Å². The van der Waals surface area contributed by atoms with Crippen molar-refractivity contribution >= 4 is 12.2 Å². The molecule has 1 saturated heterocycles. The summed E-state index contributed by atoms with van der Waals surface area (Å²) in [6.45, 7) is 0.677. The zero-order valence-corrected chi connectivity index (χ0v) is 17.1. The second kappa shape index (κ2) is 9.80. The van der Waals surface area contributed by atoms with Crippen LogP contribution in [0.15, 0.2) is 91.0 Å². The van der Waals surface area contributed by atoms with E-state index in [0.29, 0.717) is 13.0 Å². The minimum Gasteiger partial charge on any atom is -0.443 e. The number of amides is 2. The van der Waals surface area contributed by atoms with E-state index in [-0.39, 0.29) is 19.3 Å². The minimum atomic E-state index is -0.565. The van der Waals surface area contributed by atoms with Gasteiger partial charge in [-0.2, -0.15) is 0 Å². The van der Waals surface area contributed by atoms with Gasteiger partial charge in [-0.25, -0.2) is 19.6 Å². The van der Waals surface area contributed by atoms with Crippen molar-refractivity contribution in [2.24, 2.45) is 0 Å². The lowest BCUT2D eigenvalue weighted by molar-refractivity contribution is -0.122. The number of rotatable bonds is 6. The van der Waals surface area contributed by atoms with Crippen molar-refractivity contribution in [3.05, 3.63) is 108 Å². The Morgan fingerprint density at radius 3 is 1.65 bits per heavy atom. The molecule has 0 N–H and O–H groups in total. The molecule has 0 spiro atoms. The molecule has 1 aliphatic rings. The Morgan fingerprint density at radius 2 is 1.13 bits per heavy atom. The molecule has 1 atom stereocenters. The van der Waals surface area contributed by atoms with Crippen LogP contribution in [0.3, 0.4) is 0 Å². The van der Waals surface area contributed by atoms with Gasteiger partial charge in [0.1, 0.15) is 13.2 Å². The van der Waals surface area contributed by atoms with Crippen LogP contribution in [0.5, 0.6) is 0 Å². The highest BCUT2D eigenvalue weighted by Crippen LogP contribution is 2.25. The second-order valence-electron chi connectivity index (χ2n) is 7.35. The summed E-state index contributed by atoms with van der Waals surface area (Å²) in [5, 5.41) is 2.67. The number of hydrogen-bond donors (Lipinski definition) is 0. The van der Waals surface area contributed by atoms with Gasteiger partial charge in [-0.3, -0.25) is 0 Å². The summed E-state index contributed by atoms with van der Waals surface area (Å²) < 4.78 is 10.9. The molecule has 0 radical (unpaired) electrons. The molecule has 6 heteroatoms. The van der Waals surface area contributed by atoms with Crippen LogP contribution in [0.2, 0.25) is 0 Å². The van der Waals surface area contributed by atoms with E-state index in [2.05, 4.69) is 0 Å². The molecular formula is C25H24N2O4. The van der Waals surface area contributed by atoms with Gasteiger partial charge in [0.25, 0.3) is 0 Å². The van der Waals surface area contributed by atoms with Crippen LogP contribution in [0.25, 0.3) is 0 Å². The van der Waals surface area contributed by atoms with Gasteiger partial charge in [0.2, 0.25) is 0 Å². The molecule has 0 aromatic heterocycles. The Labute approximate surface area is 181 Å². The third-order valence-electron chi connectivity index (χ3n) is 5.11. The van der Waals surface area contributed by atoms with E-state index in [1.54, 1.807) is 0 Å². The summed E-state index contributed by atoms with van der Waals surface area (Å²) in [5.74, 6) is 0. The van der Waals surface area contributed by atoms with Crippen molar-refractivity contribution in [2.75, 3.05) is 6.54 Å². The van der Waals surface area contributed by atoms with Gasteiger partial charge >= 0.3 is 12.2 Å². The molecule has 6 nitrogen and oxygen atoms in total. The highest BCUT2D eigenvalue weighted by molar-refractivity contribution is 5.76. The fraction of sp³-hybridized carbons (Fsp3) is 0.200. The van der Waals surface area contributed by atoms with Crippen molar-refractivity contribution in [3.8, 4) is 0 Å². The largest absolute Gasteiger partial charge is 0.443 e. The van der Waals surface area contributed by atoms with Crippen LogP contribution < -0.4 is 0 Å². The molecule has 158 valence electrons. The van der Waals surface area contributed by atoms with Crippen LogP contribution >= 0.6 is 0 Å². The van der Waals surface area contributed by atoms with Gasteiger partial charge in [0, 0.05) is 0 Å². The summed E-state index contributed by atoms with van der Waals surface area (Å²) in [7, 11) is 0. The molecule has 4 rings (SSSR count). The van der Waals surface area contributed by atoms with Crippen LogP contribution in [0, 0.1) is 0 Å². The monoisotopic (exact) mass is 416 g/mol. The zero-order valence-electron chi connectivity index (χ0n) is 17.1. The quantitative estimate of drug-likeness (QED) is 0.579. The summed E-state index contributed by atoms with van der Waals surface area (Å²) in [5.41, 5.74) is 2.86. The van der Waals surface area contributed by atoms with E-state index in [4.69, 9.17) is 9.47 Å². The standard InChI is InChI=1S/C25H24N2O4/c28-24(30-18-21-12-6-2-7-13-21)26-17-23(16-20-10-4-1-5-11-20)27(26)25(29)31-19-22-14-8-3-9-15-22/h1-15,23H,16-19H2/t23-/m0/s1. The van der Waals surface area contributed by atoms with Crippen LogP contribution in [0.4, 0.5) is 9.59 Å². The first-order chi connectivity index (χ1) is 15.2. The summed E-state index contributed by atoms with van der Waals surface area (Å²) in [6, 6.07) is 28.6. The fourth-order valence-corrected chi connectivity index (χ4v) is 3.49. The highest BCUT2D eigenvalue weighted by Gasteiger charge is 2.45. The van der Waals surface area contributed by atoms with Crippen molar-refractivity contribution in [1.82, 2.24) is 10.0 Å². The van der Waals surface area contributed by atoms with E-state index in [9.17, 15) is 9.59 Å². The van der Waals surface area contributed by atoms with Gasteiger partial charge in [0.05, 0.1) is 12.6 Å². The van der Waals surface area contributed by atoms with E-state index in [0.717, 1.165) is 16.7 Å². The molecule has 0 saturated carbocycles. The lowest BCUT2D eigenvalue weighted by atomic mass is 10.0. The molecule has 0 aliphatic carbocycles. The van der Waals surface area contributed by atoms with Crippen molar-refractivity contribution < 1.29 is 19.1 Å². The maximum Gasteiger partial charge on any atom is 0.429 e. The molecular weight excluding hydrogens is 392 g/mol. The Kier molecular flexibility index (Phi) is 6.47. The Hall–Kier alpha value is -3.80. The van der Waals surface area contributed by atoms with Crippen LogP contribution in [0.1, 0.15) is 16.7 Å². The first-order valence-electron chi connectivity index (χ1n) is 10.2. The average molecular weight is 416 g/mol. The predicted molar refractivity (Wildman–Crippen MR) is 116 cm³/mol. The van der Waals surface area contributed by atoms with Gasteiger partial charge < -0.3 is 9.47 Å². The van der Waals surface area contributed by atoms with Crippen LogP contribution in [-0.2, 0) is 29.1 Å². The van der Waals surface area contributed by atoms with Gasteiger partial charge in [-0.1, -0.05) is 91.0 Å². The number of hydrogen-bond acceptors (Lipinski definition) is 4. The van der Waals surface area contributed by atoms with Crippen molar-refractivity contribution in [1.29, 1.82) is 0 Å². The summed E-state index contributed by atoms with van der Waals surface area (Å²) >= 11 is 0. The number of carbonyl (C=O) groups is 2. The normalized spacial score (nSPS) is 15.2. The number of hydrazine groups is 1. The fourth-order valence-electron chi connectivity index (χ4n) is 3.49. The topological polar surface area (TPSA) is 59.1 Å². The Bertz CT molecular complexity index is 996. The first kappa shape index (κ1) is 20.5. The zero-order chi connectivity index (χ0) is 21.5. The van der Waals surface area contributed by atoms with E-state index >= 15 is 0 Å².